The van der Waals surface area contributed by atoms with E-state index in [1.807, 2.05) is 35.2 Å². The lowest BCUT2D eigenvalue weighted by molar-refractivity contribution is -0.908. The lowest BCUT2D eigenvalue weighted by Crippen LogP contribution is -3.14. The molecule has 4 rings (SSSR count). The van der Waals surface area contributed by atoms with Crippen molar-refractivity contribution in [2.75, 3.05) is 44.3 Å². The Balaban J connectivity index is 1.60. The highest BCUT2D eigenvalue weighted by Gasteiger charge is 2.23. The molecule has 1 N–H and O–H groups in total. The summed E-state index contributed by atoms with van der Waals surface area (Å²) in [5.74, 6) is 0.0249. The van der Waals surface area contributed by atoms with Gasteiger partial charge in [-0.15, -0.1) is 0 Å². The quantitative estimate of drug-likeness (QED) is 0.680. The summed E-state index contributed by atoms with van der Waals surface area (Å²) in [6.07, 6.45) is 0.946. The lowest BCUT2D eigenvalue weighted by Gasteiger charge is -2.25. The van der Waals surface area contributed by atoms with Crippen LogP contribution in [0.5, 0.6) is 0 Å². The van der Waals surface area contributed by atoms with Crippen LogP contribution in [0.4, 0.5) is 5.13 Å². The van der Waals surface area contributed by atoms with Gasteiger partial charge in [-0.05, 0) is 37.1 Å². The maximum Gasteiger partial charge on any atom is 0.260 e. The normalized spacial score (nSPS) is 15.0. The number of ether oxygens (including phenoxy) is 1. The second-order valence-corrected chi connectivity index (χ2v) is 8.64. The fraction of sp³-hybridized carbons (Fsp3) is 0.391. The van der Waals surface area contributed by atoms with E-state index in [4.69, 9.17) is 9.72 Å². The number of aromatic nitrogens is 1. The highest BCUT2D eigenvalue weighted by atomic mass is 32.1. The van der Waals surface area contributed by atoms with Crippen LogP contribution >= 0.6 is 11.3 Å². The van der Waals surface area contributed by atoms with Crippen molar-refractivity contribution < 1.29 is 14.4 Å². The third-order valence-corrected chi connectivity index (χ3v) is 6.75. The summed E-state index contributed by atoms with van der Waals surface area (Å²) in [7, 11) is 0. The summed E-state index contributed by atoms with van der Waals surface area (Å²) in [4.78, 5) is 21.7. The molecule has 1 aliphatic heterocycles. The Morgan fingerprint density at radius 3 is 2.55 bits per heavy atom. The molecule has 2 aromatic carbocycles. The monoisotopic (exact) mass is 410 g/mol. The fourth-order valence-corrected chi connectivity index (χ4v) is 4.92. The molecule has 1 fully saturated rings. The van der Waals surface area contributed by atoms with Crippen LogP contribution in [0.25, 0.3) is 10.2 Å². The molecular formula is C23H28N3O2S+. The minimum atomic E-state index is 0.0249. The Kier molecular flexibility index (Phi) is 6.23. The van der Waals surface area contributed by atoms with Gasteiger partial charge in [0.25, 0.3) is 5.91 Å². The molecule has 0 bridgehead atoms. The Hall–Kier alpha value is -2.28. The van der Waals surface area contributed by atoms with E-state index in [0.717, 1.165) is 55.5 Å². The number of carbonyl (C=O) groups is 1. The molecule has 0 unspecified atom stereocenters. The highest BCUT2D eigenvalue weighted by Crippen LogP contribution is 2.33. The van der Waals surface area contributed by atoms with E-state index in [1.54, 1.807) is 16.2 Å². The van der Waals surface area contributed by atoms with E-state index < -0.39 is 0 Å². The van der Waals surface area contributed by atoms with Crippen molar-refractivity contribution in [1.29, 1.82) is 0 Å². The Morgan fingerprint density at radius 1 is 1.10 bits per heavy atom. The number of fused-ring (bicyclic) bond motifs is 1. The molecule has 1 aromatic heterocycles. The van der Waals surface area contributed by atoms with Gasteiger partial charge in [-0.1, -0.05) is 41.7 Å². The number of amides is 1. The molecule has 1 saturated heterocycles. The first-order valence-corrected chi connectivity index (χ1v) is 11.1. The number of rotatable bonds is 6. The van der Waals surface area contributed by atoms with Crippen molar-refractivity contribution in [1.82, 2.24) is 4.98 Å². The maximum absolute atomic E-state index is 13.3. The average molecular weight is 411 g/mol. The first-order chi connectivity index (χ1) is 14.1. The number of benzene rings is 2. The van der Waals surface area contributed by atoms with Crippen LogP contribution in [-0.4, -0.2) is 50.3 Å². The van der Waals surface area contributed by atoms with E-state index >= 15 is 0 Å². The van der Waals surface area contributed by atoms with Crippen LogP contribution in [0.15, 0.2) is 42.5 Å². The number of anilines is 1. The van der Waals surface area contributed by atoms with Crippen molar-refractivity contribution >= 4 is 32.6 Å². The summed E-state index contributed by atoms with van der Waals surface area (Å²) >= 11 is 1.62. The lowest BCUT2D eigenvalue weighted by atomic mass is 10.1. The second kappa shape index (κ2) is 9.03. The van der Waals surface area contributed by atoms with E-state index in [0.29, 0.717) is 12.1 Å². The van der Waals surface area contributed by atoms with Gasteiger partial charge in [-0.3, -0.25) is 9.69 Å². The average Bonchev–Trinajstić information content (AvgIpc) is 3.21. The summed E-state index contributed by atoms with van der Waals surface area (Å²) in [5, 5.41) is 0.795. The van der Waals surface area contributed by atoms with Crippen LogP contribution in [0.3, 0.4) is 0 Å². The molecule has 2 heterocycles. The topological polar surface area (TPSA) is 46.9 Å². The number of nitrogens with one attached hydrogen (secondary N) is 1. The molecule has 29 heavy (non-hydrogen) atoms. The summed E-state index contributed by atoms with van der Waals surface area (Å²) in [5.41, 5.74) is 4.07. The Labute approximate surface area is 175 Å². The number of morpholine rings is 1. The molecule has 0 aliphatic carbocycles. The molecule has 152 valence electrons. The van der Waals surface area contributed by atoms with Gasteiger partial charge in [0, 0.05) is 18.5 Å². The van der Waals surface area contributed by atoms with Gasteiger partial charge in [-0.25, -0.2) is 4.98 Å². The first-order valence-electron chi connectivity index (χ1n) is 10.3. The number of thiazole rings is 1. The molecule has 0 atom stereocenters. The van der Waals surface area contributed by atoms with Crippen LogP contribution in [0, 0.1) is 13.8 Å². The van der Waals surface area contributed by atoms with Gasteiger partial charge in [0.1, 0.15) is 13.1 Å². The third kappa shape index (κ3) is 4.50. The van der Waals surface area contributed by atoms with Crippen molar-refractivity contribution in [3.05, 3.63) is 59.2 Å². The molecule has 3 aromatic rings. The van der Waals surface area contributed by atoms with Gasteiger partial charge in [0.15, 0.2) is 5.13 Å². The Morgan fingerprint density at radius 2 is 1.83 bits per heavy atom. The SMILES string of the molecule is Cc1ccc(C)c2sc(N(CCC[NH+]3CCOCC3)C(=O)c3ccccc3)nc12. The zero-order valence-electron chi connectivity index (χ0n) is 17.1. The van der Waals surface area contributed by atoms with Gasteiger partial charge >= 0.3 is 0 Å². The van der Waals surface area contributed by atoms with Gasteiger partial charge in [-0.2, -0.15) is 0 Å². The van der Waals surface area contributed by atoms with Crippen LogP contribution in [-0.2, 0) is 4.74 Å². The summed E-state index contributed by atoms with van der Waals surface area (Å²) in [6, 6.07) is 13.8. The molecule has 1 amide bonds. The van der Waals surface area contributed by atoms with Crippen molar-refractivity contribution in [3.8, 4) is 0 Å². The predicted molar refractivity (Wildman–Crippen MR) is 118 cm³/mol. The number of hydrogen-bond acceptors (Lipinski definition) is 4. The van der Waals surface area contributed by atoms with Crippen molar-refractivity contribution in [2.24, 2.45) is 0 Å². The maximum atomic E-state index is 13.3. The standard InChI is InChI=1S/C23H27N3O2S/c1-17-9-10-18(2)21-20(17)24-23(29-21)26(22(27)19-7-4-3-5-8-19)12-6-11-25-13-15-28-16-14-25/h3-5,7-10H,6,11-16H2,1-2H3/p+1. The molecule has 0 radical (unpaired) electrons. The fourth-order valence-electron chi connectivity index (χ4n) is 3.78. The van der Waals surface area contributed by atoms with E-state index in [-0.39, 0.29) is 5.91 Å². The van der Waals surface area contributed by atoms with Gasteiger partial charge < -0.3 is 9.64 Å². The largest absolute Gasteiger partial charge is 0.370 e. The van der Waals surface area contributed by atoms with E-state index in [9.17, 15) is 4.79 Å². The number of nitrogens with zero attached hydrogens (tertiary/aromatic N) is 2. The minimum absolute atomic E-state index is 0.0249. The molecule has 6 heteroatoms. The van der Waals surface area contributed by atoms with E-state index in [1.165, 1.54) is 10.3 Å². The summed E-state index contributed by atoms with van der Waals surface area (Å²) < 4.78 is 6.63. The minimum Gasteiger partial charge on any atom is -0.370 e. The van der Waals surface area contributed by atoms with Gasteiger partial charge in [0.2, 0.25) is 0 Å². The first kappa shape index (κ1) is 20.0. The number of carbonyl (C=O) groups excluding carboxylic acids is 1. The van der Waals surface area contributed by atoms with Crippen LogP contribution in [0.2, 0.25) is 0 Å². The van der Waals surface area contributed by atoms with Crippen LogP contribution in [0.1, 0.15) is 27.9 Å². The summed E-state index contributed by atoms with van der Waals surface area (Å²) in [6.45, 7) is 9.67. The predicted octanol–water partition coefficient (Wildman–Crippen LogP) is 2.87. The van der Waals surface area contributed by atoms with Crippen molar-refractivity contribution in [3.63, 3.8) is 0 Å². The van der Waals surface area contributed by atoms with E-state index in [2.05, 4.69) is 26.0 Å². The molecule has 5 nitrogen and oxygen atoms in total. The second-order valence-electron chi connectivity index (χ2n) is 7.66. The third-order valence-electron chi connectivity index (χ3n) is 5.54. The smallest absolute Gasteiger partial charge is 0.260 e. The van der Waals surface area contributed by atoms with Crippen LogP contribution < -0.4 is 9.80 Å². The molecule has 0 saturated carbocycles. The molecular weight excluding hydrogens is 382 g/mol. The number of hydrogen-bond donors (Lipinski definition) is 1. The number of quaternary nitrogens is 1. The number of aryl methyl sites for hydroxylation is 2. The Bertz CT molecular complexity index is 941. The zero-order valence-corrected chi connectivity index (χ0v) is 17.9. The van der Waals surface area contributed by atoms with Crippen molar-refractivity contribution in [2.45, 2.75) is 20.3 Å². The zero-order chi connectivity index (χ0) is 20.2. The van der Waals surface area contributed by atoms with Gasteiger partial charge in [0.05, 0.1) is 30.0 Å². The molecule has 0 spiro atoms. The molecule has 1 aliphatic rings. The highest BCUT2D eigenvalue weighted by molar-refractivity contribution is 7.22.